The maximum atomic E-state index is 13.1. The van der Waals surface area contributed by atoms with Crippen LogP contribution in [0.3, 0.4) is 0 Å². The molecule has 0 saturated carbocycles. The van der Waals surface area contributed by atoms with Crippen molar-refractivity contribution in [3.63, 3.8) is 0 Å². The van der Waals surface area contributed by atoms with Gasteiger partial charge < -0.3 is 24.1 Å². The third kappa shape index (κ3) is 7.11. The molecule has 1 aliphatic rings. The Bertz CT molecular complexity index is 1290. The average Bonchev–Trinajstić information content (AvgIpc) is 2.94. The second-order valence-corrected chi connectivity index (χ2v) is 10.6. The number of carbonyl (C=O) groups is 1. The van der Waals surface area contributed by atoms with Crippen LogP contribution in [0, 0.1) is 0 Å². The smallest absolute Gasteiger partial charge is 0.321 e. The first-order valence-corrected chi connectivity index (χ1v) is 13.7. The number of hydrogen-bond acceptors (Lipinski definition) is 7. The van der Waals surface area contributed by atoms with E-state index in [4.69, 9.17) is 18.9 Å². The van der Waals surface area contributed by atoms with Crippen LogP contribution in [0.2, 0.25) is 0 Å². The first-order chi connectivity index (χ1) is 18.3. The Balaban J connectivity index is 1.46. The Labute approximate surface area is 222 Å². The summed E-state index contributed by atoms with van der Waals surface area (Å²) in [6, 6.07) is 21.3. The summed E-state index contributed by atoms with van der Waals surface area (Å²) in [5, 5.41) is 9.89. The number of carboxylic acid groups (broad SMARTS) is 1. The molecule has 1 atom stereocenters. The van der Waals surface area contributed by atoms with Crippen molar-refractivity contribution in [3.8, 4) is 22.6 Å². The van der Waals surface area contributed by atoms with Gasteiger partial charge in [-0.3, -0.25) is 4.79 Å². The molecule has 0 bridgehead atoms. The number of carboxylic acids is 1. The summed E-state index contributed by atoms with van der Waals surface area (Å²) in [7, 11) is -2.57. The van der Waals surface area contributed by atoms with E-state index in [0.29, 0.717) is 31.1 Å². The monoisotopic (exact) mass is 541 g/mol. The highest BCUT2D eigenvalue weighted by Crippen LogP contribution is 2.30. The summed E-state index contributed by atoms with van der Waals surface area (Å²) in [5.41, 5.74) is 1.69. The number of benzene rings is 3. The second-order valence-electron chi connectivity index (χ2n) is 8.84. The zero-order chi connectivity index (χ0) is 27.0. The number of sulfonamides is 1. The van der Waals surface area contributed by atoms with Crippen molar-refractivity contribution >= 4 is 16.0 Å². The van der Waals surface area contributed by atoms with E-state index in [1.165, 1.54) is 12.1 Å². The molecule has 0 aliphatic carbocycles. The standard InChI is InChI=1S/C28H31NO8S/c1-34-23-12-8-21(9-13-23)22-10-14-25(15-11-22)38(32,33)29-26(27(30)31)20-28(36-17-5-18-37-28)16-19-35-24-6-3-2-4-7-24/h2-4,6-15,26,29H,5,16-20H2,1H3,(H,30,31). The predicted molar refractivity (Wildman–Crippen MR) is 141 cm³/mol. The van der Waals surface area contributed by atoms with E-state index in [0.717, 1.165) is 11.1 Å². The van der Waals surface area contributed by atoms with Gasteiger partial charge in [-0.25, -0.2) is 8.42 Å². The Hall–Kier alpha value is -3.44. The van der Waals surface area contributed by atoms with Gasteiger partial charge in [0.2, 0.25) is 10.0 Å². The summed E-state index contributed by atoms with van der Waals surface area (Å²) >= 11 is 0. The lowest BCUT2D eigenvalue weighted by molar-refractivity contribution is -0.277. The number of hydrogen-bond donors (Lipinski definition) is 2. The van der Waals surface area contributed by atoms with E-state index in [9.17, 15) is 18.3 Å². The van der Waals surface area contributed by atoms with Gasteiger partial charge in [0.15, 0.2) is 5.79 Å². The molecule has 2 N–H and O–H groups in total. The van der Waals surface area contributed by atoms with Gasteiger partial charge in [0.25, 0.3) is 0 Å². The summed E-state index contributed by atoms with van der Waals surface area (Å²) in [5.74, 6) is -1.25. The zero-order valence-electron chi connectivity index (χ0n) is 21.0. The van der Waals surface area contributed by atoms with Crippen LogP contribution >= 0.6 is 0 Å². The molecule has 1 aliphatic heterocycles. The summed E-state index contributed by atoms with van der Waals surface area (Å²) in [4.78, 5) is 12.1. The van der Waals surface area contributed by atoms with E-state index >= 15 is 0 Å². The van der Waals surface area contributed by atoms with Crippen LogP contribution in [0.5, 0.6) is 11.5 Å². The van der Waals surface area contributed by atoms with Gasteiger partial charge in [0.1, 0.15) is 17.5 Å². The highest BCUT2D eigenvalue weighted by molar-refractivity contribution is 7.89. The molecule has 10 heteroatoms. The lowest BCUT2D eigenvalue weighted by Gasteiger charge is -2.38. The number of rotatable bonds is 12. The number of methoxy groups -OCH3 is 1. The fourth-order valence-corrected chi connectivity index (χ4v) is 5.37. The quantitative estimate of drug-likeness (QED) is 0.352. The van der Waals surface area contributed by atoms with E-state index in [-0.39, 0.29) is 24.3 Å². The van der Waals surface area contributed by atoms with Crippen molar-refractivity contribution in [2.75, 3.05) is 26.9 Å². The molecular formula is C28H31NO8S. The van der Waals surface area contributed by atoms with Crippen LogP contribution < -0.4 is 14.2 Å². The van der Waals surface area contributed by atoms with Crippen molar-refractivity contribution in [1.82, 2.24) is 4.72 Å². The molecule has 3 aromatic carbocycles. The lowest BCUT2D eigenvalue weighted by Crippen LogP contribution is -2.51. The van der Waals surface area contributed by atoms with Crippen LogP contribution in [0.4, 0.5) is 0 Å². The molecule has 0 radical (unpaired) electrons. The average molecular weight is 542 g/mol. The topological polar surface area (TPSA) is 120 Å². The molecule has 1 heterocycles. The Kier molecular flexibility index (Phi) is 9.01. The maximum Gasteiger partial charge on any atom is 0.321 e. The van der Waals surface area contributed by atoms with Gasteiger partial charge in [-0.05, 0) is 53.9 Å². The highest BCUT2D eigenvalue weighted by Gasteiger charge is 2.41. The third-order valence-electron chi connectivity index (χ3n) is 6.21. The van der Waals surface area contributed by atoms with E-state index < -0.39 is 27.8 Å². The summed E-state index contributed by atoms with van der Waals surface area (Å²) in [6.07, 6.45) is 0.666. The number of ether oxygens (including phenoxy) is 4. The number of para-hydroxylation sites is 1. The normalized spacial score (nSPS) is 15.9. The van der Waals surface area contributed by atoms with Crippen LogP contribution in [0.1, 0.15) is 19.3 Å². The minimum Gasteiger partial charge on any atom is -0.497 e. The first kappa shape index (κ1) is 27.6. The van der Waals surface area contributed by atoms with Crippen molar-refractivity contribution < 1.29 is 37.3 Å². The summed E-state index contributed by atoms with van der Waals surface area (Å²) in [6.45, 7) is 0.949. The van der Waals surface area contributed by atoms with E-state index in [1.807, 2.05) is 54.6 Å². The van der Waals surface area contributed by atoms with E-state index in [1.54, 1.807) is 19.2 Å². The Morgan fingerprint density at radius 3 is 2.13 bits per heavy atom. The van der Waals surface area contributed by atoms with Gasteiger partial charge in [0.05, 0.1) is 31.8 Å². The molecule has 4 rings (SSSR count). The van der Waals surface area contributed by atoms with Gasteiger partial charge in [-0.15, -0.1) is 0 Å². The van der Waals surface area contributed by atoms with Crippen LogP contribution in [0.25, 0.3) is 11.1 Å². The zero-order valence-corrected chi connectivity index (χ0v) is 21.9. The van der Waals surface area contributed by atoms with Crippen LogP contribution in [0.15, 0.2) is 83.8 Å². The fraction of sp³-hybridized carbons (Fsp3) is 0.321. The molecule has 0 aromatic heterocycles. The fourth-order valence-electron chi connectivity index (χ4n) is 4.18. The molecule has 202 valence electrons. The minimum atomic E-state index is -4.15. The molecule has 3 aromatic rings. The van der Waals surface area contributed by atoms with Crippen LogP contribution in [-0.2, 0) is 24.3 Å². The predicted octanol–water partition coefficient (Wildman–Crippen LogP) is 4.09. The second kappa shape index (κ2) is 12.4. The maximum absolute atomic E-state index is 13.1. The van der Waals surface area contributed by atoms with Crippen molar-refractivity contribution in [2.24, 2.45) is 0 Å². The molecule has 38 heavy (non-hydrogen) atoms. The Morgan fingerprint density at radius 1 is 0.947 bits per heavy atom. The summed E-state index contributed by atoms with van der Waals surface area (Å²) < 4.78 is 51.2. The van der Waals surface area contributed by atoms with Gasteiger partial charge >= 0.3 is 5.97 Å². The molecule has 1 saturated heterocycles. The van der Waals surface area contributed by atoms with Gasteiger partial charge in [0, 0.05) is 12.8 Å². The molecule has 0 spiro atoms. The van der Waals surface area contributed by atoms with Crippen molar-refractivity contribution in [2.45, 2.75) is 36.0 Å². The SMILES string of the molecule is COc1ccc(-c2ccc(S(=O)(=O)NC(CC3(CCOc4ccccc4)OCCCO3)C(=O)O)cc2)cc1. The number of nitrogens with one attached hydrogen (secondary N) is 1. The molecule has 9 nitrogen and oxygen atoms in total. The molecule has 1 fully saturated rings. The highest BCUT2D eigenvalue weighted by atomic mass is 32.2. The Morgan fingerprint density at radius 2 is 1.55 bits per heavy atom. The van der Waals surface area contributed by atoms with Crippen molar-refractivity contribution in [3.05, 3.63) is 78.9 Å². The van der Waals surface area contributed by atoms with Gasteiger partial charge in [-0.2, -0.15) is 4.72 Å². The first-order valence-electron chi connectivity index (χ1n) is 12.3. The number of aliphatic carboxylic acids is 1. The third-order valence-corrected chi connectivity index (χ3v) is 7.70. The van der Waals surface area contributed by atoms with Gasteiger partial charge in [-0.1, -0.05) is 42.5 Å². The molecule has 1 unspecified atom stereocenters. The van der Waals surface area contributed by atoms with Crippen molar-refractivity contribution in [1.29, 1.82) is 0 Å². The molecule has 0 amide bonds. The lowest BCUT2D eigenvalue weighted by atomic mass is 10.0. The minimum absolute atomic E-state index is 0.0482. The van der Waals surface area contributed by atoms with Crippen LogP contribution in [-0.4, -0.2) is 58.3 Å². The largest absolute Gasteiger partial charge is 0.497 e. The molecular weight excluding hydrogens is 510 g/mol. The van der Waals surface area contributed by atoms with E-state index in [2.05, 4.69) is 4.72 Å².